The van der Waals surface area contributed by atoms with Crippen molar-refractivity contribution >= 4 is 35.0 Å². The largest absolute Gasteiger partial charge is 0.316 e. The minimum atomic E-state index is 0.529. The highest BCUT2D eigenvalue weighted by molar-refractivity contribution is 7.98. The summed E-state index contributed by atoms with van der Waals surface area (Å²) in [4.78, 5) is 5.34. The number of pyridine rings is 1. The Bertz CT molecular complexity index is 629. The van der Waals surface area contributed by atoms with Gasteiger partial charge in [0.2, 0.25) is 0 Å². The summed E-state index contributed by atoms with van der Waals surface area (Å²) in [5, 5.41) is 4.82. The van der Waals surface area contributed by atoms with Gasteiger partial charge in [-0.15, -0.1) is 11.8 Å². The molecule has 0 aliphatic carbocycles. The Hall–Kier alpha value is -0.740. The van der Waals surface area contributed by atoms with E-state index in [-0.39, 0.29) is 0 Å². The van der Waals surface area contributed by atoms with Crippen molar-refractivity contribution in [2.75, 3.05) is 13.1 Å². The zero-order chi connectivity index (χ0) is 14.7. The average Bonchev–Trinajstić information content (AvgIpc) is 2.73. The van der Waals surface area contributed by atoms with Crippen molar-refractivity contribution in [2.24, 2.45) is 0 Å². The zero-order valence-electron chi connectivity index (χ0n) is 11.5. The molecule has 5 heteroatoms. The Kier molecular flexibility index (Phi) is 5.07. The molecule has 110 valence electrons. The first-order chi connectivity index (χ1) is 10.2. The second-order valence-electron chi connectivity index (χ2n) is 5.04. The fourth-order valence-corrected chi connectivity index (χ4v) is 4.06. The van der Waals surface area contributed by atoms with Crippen molar-refractivity contribution in [1.29, 1.82) is 0 Å². The topological polar surface area (TPSA) is 24.9 Å². The fraction of sp³-hybridized carbons (Fsp3) is 0.312. The summed E-state index contributed by atoms with van der Waals surface area (Å²) in [6.07, 6.45) is 3.94. The van der Waals surface area contributed by atoms with Gasteiger partial charge >= 0.3 is 0 Å². The molecular formula is C16H16Cl2N2S. The molecule has 0 saturated heterocycles. The third-order valence-corrected chi connectivity index (χ3v) is 5.49. The SMILES string of the molecule is Clc1ccc(CSc2c(Cl)ccc3c2CCNCC3)cn1. The van der Waals surface area contributed by atoms with Crippen LogP contribution >= 0.6 is 35.0 Å². The minimum absolute atomic E-state index is 0.529. The van der Waals surface area contributed by atoms with Gasteiger partial charge in [-0.25, -0.2) is 4.98 Å². The number of nitrogens with one attached hydrogen (secondary N) is 1. The number of hydrogen-bond donors (Lipinski definition) is 1. The summed E-state index contributed by atoms with van der Waals surface area (Å²) in [6.45, 7) is 2.06. The van der Waals surface area contributed by atoms with Crippen LogP contribution in [-0.4, -0.2) is 18.1 Å². The van der Waals surface area contributed by atoms with Gasteiger partial charge in [0.1, 0.15) is 5.15 Å². The van der Waals surface area contributed by atoms with Crippen LogP contribution in [0.4, 0.5) is 0 Å². The number of halogens is 2. The van der Waals surface area contributed by atoms with E-state index < -0.39 is 0 Å². The highest BCUT2D eigenvalue weighted by Gasteiger charge is 2.15. The molecule has 0 atom stereocenters. The van der Waals surface area contributed by atoms with Crippen molar-refractivity contribution < 1.29 is 0 Å². The van der Waals surface area contributed by atoms with Gasteiger partial charge in [0, 0.05) is 16.8 Å². The van der Waals surface area contributed by atoms with Crippen LogP contribution in [0.25, 0.3) is 0 Å². The normalized spacial score (nSPS) is 14.6. The van der Waals surface area contributed by atoms with E-state index in [2.05, 4.69) is 16.4 Å². The van der Waals surface area contributed by atoms with Crippen LogP contribution in [0.2, 0.25) is 10.2 Å². The Morgan fingerprint density at radius 1 is 1.10 bits per heavy atom. The molecular weight excluding hydrogens is 323 g/mol. The van der Waals surface area contributed by atoms with Crippen LogP contribution in [0.5, 0.6) is 0 Å². The number of aromatic nitrogens is 1. The quantitative estimate of drug-likeness (QED) is 0.664. The lowest BCUT2D eigenvalue weighted by atomic mass is 10.0. The number of rotatable bonds is 3. The molecule has 0 fully saturated rings. The van der Waals surface area contributed by atoms with Gasteiger partial charge in [-0.05, 0) is 54.8 Å². The summed E-state index contributed by atoms with van der Waals surface area (Å²) in [6, 6.07) is 8.03. The summed E-state index contributed by atoms with van der Waals surface area (Å²) in [5.41, 5.74) is 3.98. The molecule has 1 aromatic carbocycles. The molecule has 0 radical (unpaired) electrons. The third kappa shape index (κ3) is 3.72. The Labute approximate surface area is 139 Å². The van der Waals surface area contributed by atoms with E-state index in [1.807, 2.05) is 24.4 Å². The first-order valence-corrected chi connectivity index (χ1v) is 8.72. The molecule has 2 nitrogen and oxygen atoms in total. The van der Waals surface area contributed by atoms with Gasteiger partial charge < -0.3 is 5.32 Å². The van der Waals surface area contributed by atoms with E-state index in [0.717, 1.165) is 42.3 Å². The molecule has 0 bridgehead atoms. The lowest BCUT2D eigenvalue weighted by molar-refractivity contribution is 0.709. The maximum absolute atomic E-state index is 6.43. The van der Waals surface area contributed by atoms with Gasteiger partial charge in [-0.2, -0.15) is 0 Å². The molecule has 1 aromatic heterocycles. The van der Waals surface area contributed by atoms with Gasteiger partial charge in [0.05, 0.1) is 5.02 Å². The van der Waals surface area contributed by atoms with E-state index in [1.165, 1.54) is 16.0 Å². The van der Waals surface area contributed by atoms with Crippen LogP contribution in [0.15, 0.2) is 35.4 Å². The van der Waals surface area contributed by atoms with Gasteiger partial charge in [0.25, 0.3) is 0 Å². The van der Waals surface area contributed by atoms with Crippen LogP contribution < -0.4 is 5.32 Å². The maximum atomic E-state index is 6.43. The zero-order valence-corrected chi connectivity index (χ0v) is 13.9. The molecule has 0 saturated carbocycles. The minimum Gasteiger partial charge on any atom is -0.316 e. The number of benzene rings is 1. The van der Waals surface area contributed by atoms with Crippen LogP contribution in [0.3, 0.4) is 0 Å². The lowest BCUT2D eigenvalue weighted by Gasteiger charge is -2.13. The van der Waals surface area contributed by atoms with E-state index in [0.29, 0.717) is 5.15 Å². The Morgan fingerprint density at radius 3 is 2.76 bits per heavy atom. The summed E-state index contributed by atoms with van der Waals surface area (Å²) in [5.74, 6) is 0.855. The molecule has 21 heavy (non-hydrogen) atoms. The van der Waals surface area contributed by atoms with E-state index in [1.54, 1.807) is 11.8 Å². The third-order valence-electron chi connectivity index (χ3n) is 3.60. The molecule has 3 rings (SSSR count). The van der Waals surface area contributed by atoms with Crippen molar-refractivity contribution in [3.05, 3.63) is 57.3 Å². The highest BCUT2D eigenvalue weighted by atomic mass is 35.5. The summed E-state index contributed by atoms with van der Waals surface area (Å²) >= 11 is 14.0. The number of fused-ring (bicyclic) bond motifs is 1. The monoisotopic (exact) mass is 338 g/mol. The Morgan fingerprint density at radius 2 is 1.95 bits per heavy atom. The van der Waals surface area contributed by atoms with E-state index in [4.69, 9.17) is 23.2 Å². The molecule has 1 N–H and O–H groups in total. The van der Waals surface area contributed by atoms with Crippen LogP contribution in [-0.2, 0) is 18.6 Å². The smallest absolute Gasteiger partial charge is 0.129 e. The number of hydrogen-bond acceptors (Lipinski definition) is 3. The average molecular weight is 339 g/mol. The summed E-state index contributed by atoms with van der Waals surface area (Å²) < 4.78 is 0. The maximum Gasteiger partial charge on any atom is 0.129 e. The number of thioether (sulfide) groups is 1. The predicted octanol–water partition coefficient (Wildman–Crippen LogP) is 4.37. The lowest BCUT2D eigenvalue weighted by Crippen LogP contribution is -2.16. The van der Waals surface area contributed by atoms with Gasteiger partial charge in [-0.3, -0.25) is 0 Å². The van der Waals surface area contributed by atoms with Crippen molar-refractivity contribution in [2.45, 2.75) is 23.5 Å². The fourth-order valence-electron chi connectivity index (χ4n) is 2.51. The van der Waals surface area contributed by atoms with E-state index >= 15 is 0 Å². The second kappa shape index (κ2) is 7.01. The predicted molar refractivity (Wildman–Crippen MR) is 90.5 cm³/mol. The van der Waals surface area contributed by atoms with Crippen molar-refractivity contribution in [3.8, 4) is 0 Å². The molecule has 1 aliphatic heterocycles. The van der Waals surface area contributed by atoms with Crippen molar-refractivity contribution in [3.63, 3.8) is 0 Å². The molecule has 0 spiro atoms. The molecule has 1 aliphatic rings. The molecule has 2 aromatic rings. The van der Waals surface area contributed by atoms with Gasteiger partial charge in [-0.1, -0.05) is 35.3 Å². The standard InChI is InChI=1S/C16H16Cl2N2S/c17-14-3-2-12-5-7-19-8-6-13(12)16(14)21-10-11-1-4-15(18)20-9-11/h1-4,9,19H,5-8,10H2. The molecule has 0 amide bonds. The summed E-state index contributed by atoms with van der Waals surface area (Å²) in [7, 11) is 0. The first-order valence-electron chi connectivity index (χ1n) is 6.98. The highest BCUT2D eigenvalue weighted by Crippen LogP contribution is 2.35. The van der Waals surface area contributed by atoms with Crippen LogP contribution in [0.1, 0.15) is 16.7 Å². The Balaban J connectivity index is 1.82. The van der Waals surface area contributed by atoms with E-state index in [9.17, 15) is 0 Å². The first kappa shape index (κ1) is 15.2. The molecule has 0 unspecified atom stereocenters. The number of nitrogens with zero attached hydrogens (tertiary/aromatic N) is 1. The van der Waals surface area contributed by atoms with Gasteiger partial charge in [0.15, 0.2) is 0 Å². The molecule has 2 heterocycles. The second-order valence-corrected chi connectivity index (χ2v) is 6.82. The van der Waals surface area contributed by atoms with Crippen LogP contribution in [0, 0.1) is 0 Å². The van der Waals surface area contributed by atoms with Crippen molar-refractivity contribution in [1.82, 2.24) is 10.3 Å².